The van der Waals surface area contributed by atoms with Crippen LogP contribution in [0.1, 0.15) is 24.8 Å². The average molecular weight is 408 g/mol. The zero-order valence-electron chi connectivity index (χ0n) is 16.0. The van der Waals surface area contributed by atoms with Crippen LogP contribution in [-0.2, 0) is 10.3 Å². The second-order valence-electron chi connectivity index (χ2n) is 8.08. The molecule has 1 amide bonds. The molecule has 0 spiro atoms. The van der Waals surface area contributed by atoms with E-state index in [1.807, 2.05) is 36.4 Å². The van der Waals surface area contributed by atoms with Crippen LogP contribution in [0.15, 0.2) is 48.7 Å². The van der Waals surface area contributed by atoms with Crippen molar-refractivity contribution < 1.29 is 9.53 Å². The Hall–Kier alpha value is -2.63. The number of fused-ring (bicyclic) bond motifs is 1. The van der Waals surface area contributed by atoms with Crippen molar-refractivity contribution >= 4 is 28.4 Å². The Morgan fingerprint density at radius 3 is 2.79 bits per heavy atom. The Balaban J connectivity index is 1.49. The fourth-order valence-corrected chi connectivity index (χ4v) is 4.30. The van der Waals surface area contributed by atoms with E-state index in [1.165, 1.54) is 0 Å². The molecule has 5 nitrogen and oxygen atoms in total. The number of hydrogen-bond donors (Lipinski definition) is 2. The van der Waals surface area contributed by atoms with Crippen molar-refractivity contribution in [1.29, 1.82) is 0 Å². The van der Waals surface area contributed by atoms with Crippen LogP contribution >= 0.6 is 11.6 Å². The van der Waals surface area contributed by atoms with Gasteiger partial charge in [0.2, 0.25) is 5.91 Å². The predicted molar refractivity (Wildman–Crippen MR) is 114 cm³/mol. The van der Waals surface area contributed by atoms with Gasteiger partial charge in [-0.15, -0.1) is 0 Å². The molecule has 1 aliphatic carbocycles. The van der Waals surface area contributed by atoms with Crippen molar-refractivity contribution in [2.75, 3.05) is 13.2 Å². The van der Waals surface area contributed by atoms with Gasteiger partial charge < -0.3 is 15.8 Å². The van der Waals surface area contributed by atoms with Crippen molar-refractivity contribution in [2.45, 2.75) is 24.8 Å². The lowest BCUT2D eigenvalue weighted by Crippen LogP contribution is -2.19. The lowest BCUT2D eigenvalue weighted by molar-refractivity contribution is -0.119. The minimum Gasteiger partial charge on any atom is -0.492 e. The Labute approximate surface area is 174 Å². The van der Waals surface area contributed by atoms with Crippen LogP contribution in [0.2, 0.25) is 5.02 Å². The second-order valence-corrected chi connectivity index (χ2v) is 8.49. The number of halogens is 1. The van der Waals surface area contributed by atoms with Crippen molar-refractivity contribution in [3.63, 3.8) is 0 Å². The highest BCUT2D eigenvalue weighted by Gasteiger charge is 2.41. The standard InChI is InChI=1S/C23H22ClN3O2/c24-19-9-15(3-4-18(19)23(25)5-6-23)16-10-20-17(2-1-7-26-20)21(11-16)29-13-14-8-22(28)27-12-14/h1-4,7,9-11,14H,5-6,8,12-13,25H2,(H,27,28)/t14-/m1/s1. The Bertz CT molecular complexity index is 1110. The summed E-state index contributed by atoms with van der Waals surface area (Å²) in [6, 6.07) is 14.0. The molecule has 148 valence electrons. The lowest BCUT2D eigenvalue weighted by Gasteiger charge is -2.16. The quantitative estimate of drug-likeness (QED) is 0.669. The van der Waals surface area contributed by atoms with E-state index in [9.17, 15) is 4.79 Å². The van der Waals surface area contributed by atoms with Crippen molar-refractivity contribution in [2.24, 2.45) is 11.7 Å². The maximum absolute atomic E-state index is 11.5. The number of ether oxygens (including phenoxy) is 1. The Kier molecular flexibility index (Phi) is 4.45. The van der Waals surface area contributed by atoms with Gasteiger partial charge in [-0.3, -0.25) is 9.78 Å². The zero-order valence-corrected chi connectivity index (χ0v) is 16.7. The van der Waals surface area contributed by atoms with Gasteiger partial charge in [-0.25, -0.2) is 0 Å². The summed E-state index contributed by atoms with van der Waals surface area (Å²) in [6.07, 6.45) is 4.23. The van der Waals surface area contributed by atoms with E-state index in [-0.39, 0.29) is 17.4 Å². The number of nitrogens with one attached hydrogen (secondary N) is 1. The van der Waals surface area contributed by atoms with Gasteiger partial charge in [0, 0.05) is 41.0 Å². The van der Waals surface area contributed by atoms with Crippen LogP contribution in [0.4, 0.5) is 0 Å². The first-order chi connectivity index (χ1) is 14.0. The number of hydrogen-bond acceptors (Lipinski definition) is 4. The number of nitrogens with zero attached hydrogens (tertiary/aromatic N) is 1. The summed E-state index contributed by atoms with van der Waals surface area (Å²) in [4.78, 5) is 16.0. The summed E-state index contributed by atoms with van der Waals surface area (Å²) in [7, 11) is 0. The Morgan fingerprint density at radius 2 is 2.07 bits per heavy atom. The third kappa shape index (κ3) is 3.56. The van der Waals surface area contributed by atoms with E-state index >= 15 is 0 Å². The molecule has 1 saturated carbocycles. The van der Waals surface area contributed by atoms with Gasteiger partial charge in [-0.1, -0.05) is 23.7 Å². The molecule has 5 rings (SSSR count). The number of carbonyl (C=O) groups is 1. The molecule has 2 aliphatic rings. The van der Waals surface area contributed by atoms with Gasteiger partial charge in [0.05, 0.1) is 12.1 Å². The highest BCUT2D eigenvalue weighted by Crippen LogP contribution is 2.46. The number of benzene rings is 2. The molecule has 0 bridgehead atoms. The molecule has 1 saturated heterocycles. The van der Waals surface area contributed by atoms with Crippen LogP contribution in [0.5, 0.6) is 5.75 Å². The topological polar surface area (TPSA) is 77.2 Å². The molecule has 2 heterocycles. The third-order valence-electron chi connectivity index (χ3n) is 5.85. The SMILES string of the molecule is NC1(c2ccc(-c3cc(OC[C@H]4CNC(=O)C4)c4cccnc4c3)cc2Cl)CC1. The van der Waals surface area contributed by atoms with Crippen LogP contribution in [0.3, 0.4) is 0 Å². The summed E-state index contributed by atoms with van der Waals surface area (Å²) in [5, 5.41) is 4.50. The molecule has 29 heavy (non-hydrogen) atoms. The zero-order chi connectivity index (χ0) is 20.0. The van der Waals surface area contributed by atoms with Gasteiger partial charge in [-0.2, -0.15) is 0 Å². The van der Waals surface area contributed by atoms with Crippen LogP contribution in [0, 0.1) is 5.92 Å². The van der Waals surface area contributed by atoms with Crippen LogP contribution < -0.4 is 15.8 Å². The molecule has 2 fully saturated rings. The van der Waals surface area contributed by atoms with Crippen molar-refractivity contribution in [3.05, 3.63) is 59.2 Å². The minimum atomic E-state index is -0.262. The van der Waals surface area contributed by atoms with E-state index in [0.717, 1.165) is 46.2 Å². The molecule has 0 radical (unpaired) electrons. The Morgan fingerprint density at radius 1 is 1.21 bits per heavy atom. The molecule has 1 aromatic heterocycles. The maximum Gasteiger partial charge on any atom is 0.220 e. The van der Waals surface area contributed by atoms with Gasteiger partial charge in [0.25, 0.3) is 0 Å². The third-order valence-corrected chi connectivity index (χ3v) is 6.16. The van der Waals surface area contributed by atoms with E-state index in [2.05, 4.69) is 16.4 Å². The number of rotatable bonds is 5. The number of aromatic nitrogens is 1. The number of pyridine rings is 1. The summed E-state index contributed by atoms with van der Waals surface area (Å²) < 4.78 is 6.15. The highest BCUT2D eigenvalue weighted by atomic mass is 35.5. The van der Waals surface area contributed by atoms with E-state index < -0.39 is 0 Å². The number of carbonyl (C=O) groups excluding carboxylic acids is 1. The summed E-state index contributed by atoms with van der Waals surface area (Å²) >= 11 is 6.56. The number of amides is 1. The molecular formula is C23H22ClN3O2. The van der Waals surface area contributed by atoms with Gasteiger partial charge >= 0.3 is 0 Å². The maximum atomic E-state index is 11.5. The fraction of sp³-hybridized carbons (Fsp3) is 0.304. The van der Waals surface area contributed by atoms with Crippen molar-refractivity contribution in [3.8, 4) is 16.9 Å². The van der Waals surface area contributed by atoms with Gasteiger partial charge in [0.1, 0.15) is 5.75 Å². The largest absolute Gasteiger partial charge is 0.492 e. The summed E-state index contributed by atoms with van der Waals surface area (Å²) in [5.74, 6) is 1.04. The highest BCUT2D eigenvalue weighted by molar-refractivity contribution is 6.31. The van der Waals surface area contributed by atoms with Crippen LogP contribution in [-0.4, -0.2) is 24.0 Å². The predicted octanol–water partition coefficient (Wildman–Crippen LogP) is 4.02. The second kappa shape index (κ2) is 7.01. The molecule has 3 aromatic rings. The summed E-state index contributed by atoms with van der Waals surface area (Å²) in [6.45, 7) is 1.15. The summed E-state index contributed by atoms with van der Waals surface area (Å²) in [5.41, 5.74) is 9.92. The molecule has 3 N–H and O–H groups in total. The van der Waals surface area contributed by atoms with E-state index in [1.54, 1.807) is 6.20 Å². The van der Waals surface area contributed by atoms with Crippen molar-refractivity contribution in [1.82, 2.24) is 10.3 Å². The molecule has 2 aromatic carbocycles. The van der Waals surface area contributed by atoms with Gasteiger partial charge in [0.15, 0.2) is 0 Å². The van der Waals surface area contributed by atoms with Gasteiger partial charge in [-0.05, 0) is 59.9 Å². The first-order valence-electron chi connectivity index (χ1n) is 9.89. The van der Waals surface area contributed by atoms with E-state index in [0.29, 0.717) is 24.6 Å². The average Bonchev–Trinajstić information content (AvgIpc) is 3.33. The molecule has 1 atom stereocenters. The smallest absolute Gasteiger partial charge is 0.220 e. The first-order valence-corrected chi connectivity index (χ1v) is 10.3. The molecular weight excluding hydrogens is 386 g/mol. The minimum absolute atomic E-state index is 0.0851. The lowest BCUT2D eigenvalue weighted by atomic mass is 9.98. The normalized spacial score (nSPS) is 19.9. The first kappa shape index (κ1) is 18.4. The monoisotopic (exact) mass is 407 g/mol. The van der Waals surface area contributed by atoms with E-state index in [4.69, 9.17) is 22.1 Å². The number of nitrogens with two attached hydrogens (primary N) is 1. The molecule has 1 aliphatic heterocycles. The molecule has 6 heteroatoms. The fourth-order valence-electron chi connectivity index (χ4n) is 3.93. The van der Waals surface area contributed by atoms with Crippen LogP contribution in [0.25, 0.3) is 22.0 Å². The molecule has 0 unspecified atom stereocenters.